The van der Waals surface area contributed by atoms with Gasteiger partial charge >= 0.3 is 5.97 Å². The van der Waals surface area contributed by atoms with Crippen molar-refractivity contribution in [2.24, 2.45) is 0 Å². The van der Waals surface area contributed by atoms with Crippen LogP contribution < -0.4 is 0 Å². The first kappa shape index (κ1) is 9.02. The molecule has 0 saturated heterocycles. The molecule has 1 heterocycles. The Balaban J connectivity index is 2.61. The summed E-state index contributed by atoms with van der Waals surface area (Å²) in [5, 5.41) is 19.1. The van der Waals surface area contributed by atoms with Gasteiger partial charge in [-0.3, -0.25) is 0 Å². The summed E-state index contributed by atoms with van der Waals surface area (Å²) < 4.78 is 4.86. The Morgan fingerprint density at radius 1 is 1.43 bits per heavy atom. The van der Waals surface area contributed by atoms with E-state index in [1.807, 2.05) is 0 Å². The smallest absolute Gasteiger partial charge is 0.342 e. The number of esters is 1. The van der Waals surface area contributed by atoms with Crippen molar-refractivity contribution in [2.75, 3.05) is 0 Å². The van der Waals surface area contributed by atoms with Gasteiger partial charge in [0.1, 0.15) is 23.5 Å². The molecule has 1 aliphatic rings. The maximum Gasteiger partial charge on any atom is 0.342 e. The van der Waals surface area contributed by atoms with E-state index in [9.17, 15) is 15.0 Å². The first-order valence-corrected chi connectivity index (χ1v) is 4.32. The first-order valence-electron chi connectivity index (χ1n) is 4.32. The monoisotopic (exact) mass is 194 g/mol. The number of hydrogen-bond acceptors (Lipinski definition) is 4. The third kappa shape index (κ3) is 1.15. The number of phenols is 1. The molecule has 2 atom stereocenters. The highest BCUT2D eigenvalue weighted by molar-refractivity contribution is 5.95. The average molecular weight is 194 g/mol. The lowest BCUT2D eigenvalue weighted by Crippen LogP contribution is -2.29. The van der Waals surface area contributed by atoms with E-state index in [1.165, 1.54) is 6.07 Å². The molecule has 2 N–H and O–H groups in total. The van der Waals surface area contributed by atoms with Crippen LogP contribution >= 0.6 is 0 Å². The molecule has 4 nitrogen and oxygen atoms in total. The third-order valence-corrected chi connectivity index (χ3v) is 2.34. The summed E-state index contributed by atoms with van der Waals surface area (Å²) >= 11 is 0. The van der Waals surface area contributed by atoms with Crippen LogP contribution in [0, 0.1) is 0 Å². The van der Waals surface area contributed by atoms with Crippen LogP contribution in [0.1, 0.15) is 28.9 Å². The van der Waals surface area contributed by atoms with E-state index in [0.29, 0.717) is 5.56 Å². The fraction of sp³-hybridized carbons (Fsp3) is 0.300. The molecule has 0 amide bonds. The van der Waals surface area contributed by atoms with Gasteiger partial charge in [0.05, 0.1) is 0 Å². The number of carbonyl (C=O) groups excluding carboxylic acids is 1. The number of cyclic esters (lactones) is 1. The minimum absolute atomic E-state index is 0.0677. The molecule has 0 aromatic heterocycles. The third-order valence-electron chi connectivity index (χ3n) is 2.34. The lowest BCUT2D eigenvalue weighted by Gasteiger charge is -2.27. The molecular weight excluding hydrogens is 184 g/mol. The van der Waals surface area contributed by atoms with Gasteiger partial charge in [0.25, 0.3) is 0 Å². The highest BCUT2D eigenvalue weighted by atomic mass is 16.6. The Morgan fingerprint density at radius 2 is 2.14 bits per heavy atom. The molecule has 1 unspecified atom stereocenters. The summed E-state index contributed by atoms with van der Waals surface area (Å²) in [6.45, 7) is 1.61. The van der Waals surface area contributed by atoms with E-state index < -0.39 is 18.2 Å². The molecule has 4 heteroatoms. The lowest BCUT2D eigenvalue weighted by atomic mass is 9.96. The van der Waals surface area contributed by atoms with Crippen LogP contribution in [0.15, 0.2) is 18.2 Å². The van der Waals surface area contributed by atoms with Crippen molar-refractivity contribution in [2.45, 2.75) is 19.1 Å². The van der Waals surface area contributed by atoms with Crippen molar-refractivity contribution >= 4 is 5.97 Å². The van der Waals surface area contributed by atoms with E-state index in [1.54, 1.807) is 19.1 Å². The second-order valence-electron chi connectivity index (χ2n) is 3.30. The largest absolute Gasteiger partial charge is 0.507 e. The topological polar surface area (TPSA) is 66.8 Å². The molecule has 0 radical (unpaired) electrons. The van der Waals surface area contributed by atoms with Gasteiger partial charge in [0.2, 0.25) is 0 Å². The normalized spacial score (nSPS) is 25.4. The van der Waals surface area contributed by atoms with Gasteiger partial charge in [0, 0.05) is 5.56 Å². The van der Waals surface area contributed by atoms with E-state index in [0.717, 1.165) is 0 Å². The molecule has 74 valence electrons. The number of ether oxygens (including phenoxy) is 1. The van der Waals surface area contributed by atoms with Gasteiger partial charge < -0.3 is 14.9 Å². The van der Waals surface area contributed by atoms with Crippen LogP contribution in [0.5, 0.6) is 5.75 Å². The fourth-order valence-electron chi connectivity index (χ4n) is 1.57. The van der Waals surface area contributed by atoms with Crippen LogP contribution in [0.25, 0.3) is 0 Å². The number of fused-ring (bicyclic) bond motifs is 1. The minimum atomic E-state index is -0.866. The second-order valence-corrected chi connectivity index (χ2v) is 3.30. The number of hydrogen-bond donors (Lipinski definition) is 2. The second kappa shape index (κ2) is 2.99. The van der Waals surface area contributed by atoms with Crippen LogP contribution in [-0.4, -0.2) is 22.3 Å². The van der Waals surface area contributed by atoms with Crippen LogP contribution in [-0.2, 0) is 4.74 Å². The molecule has 0 fully saturated rings. The van der Waals surface area contributed by atoms with Crippen molar-refractivity contribution in [1.82, 2.24) is 0 Å². The van der Waals surface area contributed by atoms with Crippen molar-refractivity contribution in [3.63, 3.8) is 0 Å². The van der Waals surface area contributed by atoms with Gasteiger partial charge in [-0.2, -0.15) is 0 Å². The predicted octanol–water partition coefficient (Wildman–Crippen LogP) is 0.984. The summed E-state index contributed by atoms with van der Waals surface area (Å²) in [5.41, 5.74) is 0.492. The average Bonchev–Trinajstić information content (AvgIpc) is 2.14. The maximum absolute atomic E-state index is 11.4. The van der Waals surface area contributed by atoms with Crippen LogP contribution in [0.4, 0.5) is 0 Å². The van der Waals surface area contributed by atoms with E-state index in [4.69, 9.17) is 4.74 Å². The number of aromatic hydroxyl groups is 1. The molecule has 0 aliphatic carbocycles. The van der Waals surface area contributed by atoms with Gasteiger partial charge in [-0.05, 0) is 13.0 Å². The Morgan fingerprint density at radius 3 is 2.86 bits per heavy atom. The van der Waals surface area contributed by atoms with Crippen molar-refractivity contribution in [1.29, 1.82) is 0 Å². The summed E-state index contributed by atoms with van der Waals surface area (Å²) in [7, 11) is 0. The molecule has 2 rings (SSSR count). The Labute approximate surface area is 80.7 Å². The highest BCUT2D eigenvalue weighted by Crippen LogP contribution is 2.33. The Kier molecular flexibility index (Phi) is 1.93. The summed E-state index contributed by atoms with van der Waals surface area (Å²) in [4.78, 5) is 11.4. The number of benzene rings is 1. The van der Waals surface area contributed by atoms with E-state index in [-0.39, 0.29) is 11.3 Å². The zero-order valence-electron chi connectivity index (χ0n) is 7.60. The zero-order chi connectivity index (χ0) is 10.3. The SMILES string of the molecule is C[C@H]1OC(=O)c2c(O)cccc2C1O. The molecule has 14 heavy (non-hydrogen) atoms. The van der Waals surface area contributed by atoms with Crippen LogP contribution in [0.2, 0.25) is 0 Å². The van der Waals surface area contributed by atoms with Crippen molar-refractivity contribution in [3.8, 4) is 5.75 Å². The molecule has 0 spiro atoms. The number of phenolic OH excluding ortho intramolecular Hbond substituents is 1. The molecule has 0 saturated carbocycles. The standard InChI is InChI=1S/C10H10O4/c1-5-9(12)6-3-2-4-7(11)8(6)10(13)14-5/h2-5,9,11-12H,1H3/t5-,9?/m1/s1. The van der Waals surface area contributed by atoms with Gasteiger partial charge in [-0.15, -0.1) is 0 Å². The summed E-state index contributed by atoms with van der Waals surface area (Å²) in [5.74, 6) is -0.741. The predicted molar refractivity (Wildman–Crippen MR) is 47.9 cm³/mol. The van der Waals surface area contributed by atoms with Gasteiger partial charge in [0.15, 0.2) is 0 Å². The summed E-state index contributed by atoms with van der Waals surface area (Å²) in [6, 6.07) is 4.59. The molecule has 0 bridgehead atoms. The Bertz CT molecular complexity index is 386. The molecule has 1 aromatic carbocycles. The number of carbonyl (C=O) groups is 1. The first-order chi connectivity index (χ1) is 6.61. The van der Waals surface area contributed by atoms with Crippen LogP contribution in [0.3, 0.4) is 0 Å². The van der Waals surface area contributed by atoms with Gasteiger partial charge in [-0.25, -0.2) is 4.79 Å². The minimum Gasteiger partial charge on any atom is -0.507 e. The maximum atomic E-state index is 11.4. The van der Waals surface area contributed by atoms with Crippen molar-refractivity contribution < 1.29 is 19.7 Å². The number of aliphatic hydroxyl groups is 1. The molecule has 1 aromatic rings. The molecular formula is C10H10O4. The van der Waals surface area contributed by atoms with Gasteiger partial charge in [-0.1, -0.05) is 12.1 Å². The lowest BCUT2D eigenvalue weighted by molar-refractivity contribution is -0.0216. The molecule has 1 aliphatic heterocycles. The van der Waals surface area contributed by atoms with Crippen molar-refractivity contribution in [3.05, 3.63) is 29.3 Å². The summed E-state index contributed by atoms with van der Waals surface area (Å²) in [6.07, 6.45) is -1.44. The zero-order valence-corrected chi connectivity index (χ0v) is 7.60. The highest BCUT2D eigenvalue weighted by Gasteiger charge is 2.33. The quantitative estimate of drug-likeness (QED) is 0.604. The Hall–Kier alpha value is -1.55. The number of aliphatic hydroxyl groups excluding tert-OH is 1. The fourth-order valence-corrected chi connectivity index (χ4v) is 1.57. The number of rotatable bonds is 0. The van der Waals surface area contributed by atoms with E-state index >= 15 is 0 Å². The van der Waals surface area contributed by atoms with E-state index in [2.05, 4.69) is 0 Å².